The number of piperidine rings is 1. The van der Waals surface area contributed by atoms with Crippen molar-refractivity contribution < 1.29 is 19.7 Å². The van der Waals surface area contributed by atoms with Gasteiger partial charge < -0.3 is 25.2 Å². The molecule has 0 bridgehead atoms. The number of hydrogen-bond acceptors (Lipinski definition) is 5. The van der Waals surface area contributed by atoms with Crippen LogP contribution in [0.5, 0.6) is 11.5 Å². The number of phenolic OH excluding ortho intramolecular Hbond substituents is 2. The van der Waals surface area contributed by atoms with Crippen LogP contribution in [0.1, 0.15) is 30.9 Å². The van der Waals surface area contributed by atoms with Crippen molar-refractivity contribution in [1.29, 1.82) is 0 Å². The molecule has 1 aromatic carbocycles. The van der Waals surface area contributed by atoms with Crippen LogP contribution >= 0.6 is 0 Å². The second-order valence-corrected chi connectivity index (χ2v) is 5.94. The van der Waals surface area contributed by atoms with E-state index in [1.54, 1.807) is 24.0 Å². The van der Waals surface area contributed by atoms with Crippen molar-refractivity contribution in [1.82, 2.24) is 10.2 Å². The van der Waals surface area contributed by atoms with E-state index in [1.807, 2.05) is 0 Å². The van der Waals surface area contributed by atoms with E-state index in [-0.39, 0.29) is 23.1 Å². The molecule has 6 nitrogen and oxygen atoms in total. The summed E-state index contributed by atoms with van der Waals surface area (Å²) in [5.41, 5.74) is 1.87. The maximum Gasteiger partial charge on any atom is 0.409 e. The summed E-state index contributed by atoms with van der Waals surface area (Å²) in [4.78, 5) is 13.6. The molecule has 2 heterocycles. The Morgan fingerprint density at radius 3 is 2.68 bits per heavy atom. The molecular formula is C16H22N2O4. The van der Waals surface area contributed by atoms with Gasteiger partial charge >= 0.3 is 6.09 Å². The fraction of sp³-hybridized carbons (Fsp3) is 0.562. The quantitative estimate of drug-likeness (QED) is 0.688. The van der Waals surface area contributed by atoms with Gasteiger partial charge in [-0.05, 0) is 49.4 Å². The number of hydrogen-bond donors (Lipinski definition) is 3. The average Bonchev–Trinajstić information content (AvgIpc) is 2.51. The highest BCUT2D eigenvalue weighted by Crippen LogP contribution is 2.41. The number of carbonyl (C=O) groups is 1. The van der Waals surface area contributed by atoms with Crippen LogP contribution in [0.25, 0.3) is 0 Å². The molecule has 0 unspecified atom stereocenters. The van der Waals surface area contributed by atoms with Crippen molar-refractivity contribution in [3.8, 4) is 11.5 Å². The number of amides is 1. The number of likely N-dealkylation sites (tertiary alicyclic amines) is 1. The summed E-state index contributed by atoms with van der Waals surface area (Å²) >= 11 is 0. The Balaban J connectivity index is 1.83. The predicted molar refractivity (Wildman–Crippen MR) is 81.0 cm³/mol. The van der Waals surface area contributed by atoms with Gasteiger partial charge in [-0.2, -0.15) is 0 Å². The molecule has 1 amide bonds. The molecular weight excluding hydrogens is 284 g/mol. The highest BCUT2D eigenvalue weighted by Gasteiger charge is 2.41. The van der Waals surface area contributed by atoms with Crippen LogP contribution in [0.3, 0.4) is 0 Å². The zero-order chi connectivity index (χ0) is 15.7. The maximum absolute atomic E-state index is 11.8. The van der Waals surface area contributed by atoms with Crippen LogP contribution in [0.15, 0.2) is 12.1 Å². The standard InChI is InChI=1S/C16H22N2O4/c1-2-22-15(21)18-7-4-16(5-8-18)12-10-14(20)13(19)9-11(12)3-6-17-16/h9-10,17,19-20H,2-8H2,1H3. The monoisotopic (exact) mass is 306 g/mol. The zero-order valence-electron chi connectivity index (χ0n) is 12.8. The average molecular weight is 306 g/mol. The first-order valence-electron chi connectivity index (χ1n) is 7.78. The minimum atomic E-state index is -0.262. The van der Waals surface area contributed by atoms with Crippen molar-refractivity contribution in [3.63, 3.8) is 0 Å². The van der Waals surface area contributed by atoms with Crippen molar-refractivity contribution in [2.24, 2.45) is 0 Å². The molecule has 1 saturated heterocycles. The van der Waals surface area contributed by atoms with Crippen molar-refractivity contribution in [3.05, 3.63) is 23.3 Å². The second kappa shape index (κ2) is 5.68. The molecule has 2 aliphatic heterocycles. The summed E-state index contributed by atoms with van der Waals surface area (Å²) in [6.07, 6.45) is 2.10. The lowest BCUT2D eigenvalue weighted by Crippen LogP contribution is -2.55. The first-order chi connectivity index (χ1) is 10.6. The van der Waals surface area contributed by atoms with Crippen LogP contribution < -0.4 is 5.32 Å². The van der Waals surface area contributed by atoms with Crippen molar-refractivity contribution >= 4 is 6.09 Å². The molecule has 2 aliphatic rings. The smallest absolute Gasteiger partial charge is 0.409 e. The molecule has 6 heteroatoms. The lowest BCUT2D eigenvalue weighted by Gasteiger charge is -2.45. The highest BCUT2D eigenvalue weighted by atomic mass is 16.6. The van der Waals surface area contributed by atoms with Gasteiger partial charge in [0, 0.05) is 25.2 Å². The van der Waals surface area contributed by atoms with Gasteiger partial charge in [0.15, 0.2) is 11.5 Å². The minimum Gasteiger partial charge on any atom is -0.504 e. The fourth-order valence-corrected chi connectivity index (χ4v) is 3.54. The van der Waals surface area contributed by atoms with Gasteiger partial charge in [0.2, 0.25) is 0 Å². The van der Waals surface area contributed by atoms with E-state index in [0.717, 1.165) is 36.9 Å². The topological polar surface area (TPSA) is 82.0 Å². The molecule has 0 aliphatic carbocycles. The van der Waals surface area contributed by atoms with Gasteiger partial charge in [-0.3, -0.25) is 0 Å². The molecule has 0 atom stereocenters. The Morgan fingerprint density at radius 1 is 1.32 bits per heavy atom. The molecule has 120 valence electrons. The maximum atomic E-state index is 11.8. The number of phenols is 2. The van der Waals surface area contributed by atoms with E-state index in [2.05, 4.69) is 5.32 Å². The minimum absolute atomic E-state index is 0.0697. The van der Waals surface area contributed by atoms with Gasteiger partial charge in [-0.15, -0.1) is 0 Å². The van der Waals surface area contributed by atoms with E-state index in [9.17, 15) is 15.0 Å². The number of carbonyl (C=O) groups excluding carboxylic acids is 1. The van der Waals surface area contributed by atoms with Crippen molar-refractivity contribution in [2.75, 3.05) is 26.2 Å². The summed E-state index contributed by atoms with van der Waals surface area (Å²) < 4.78 is 5.05. The molecule has 0 saturated carbocycles. The Hall–Kier alpha value is -1.95. The molecule has 3 rings (SSSR count). The van der Waals surface area contributed by atoms with Gasteiger partial charge in [-0.1, -0.05) is 0 Å². The van der Waals surface area contributed by atoms with E-state index in [4.69, 9.17) is 4.74 Å². The van der Waals surface area contributed by atoms with Crippen LogP contribution in [-0.4, -0.2) is 47.4 Å². The molecule has 0 radical (unpaired) electrons. The second-order valence-electron chi connectivity index (χ2n) is 5.94. The lowest BCUT2D eigenvalue weighted by atomic mass is 9.75. The van der Waals surface area contributed by atoms with E-state index in [1.165, 1.54) is 0 Å². The third kappa shape index (κ3) is 2.47. The first kappa shape index (κ1) is 15.0. The lowest BCUT2D eigenvalue weighted by molar-refractivity contribution is 0.0782. The number of nitrogens with zero attached hydrogens (tertiary/aromatic N) is 1. The number of rotatable bonds is 1. The SMILES string of the molecule is CCOC(=O)N1CCC2(CC1)NCCc1cc(O)c(O)cc12. The summed E-state index contributed by atoms with van der Waals surface area (Å²) in [6, 6.07) is 3.32. The molecule has 1 fully saturated rings. The third-order valence-corrected chi connectivity index (χ3v) is 4.72. The number of aromatic hydroxyl groups is 2. The number of nitrogens with one attached hydrogen (secondary N) is 1. The fourth-order valence-electron chi connectivity index (χ4n) is 3.54. The van der Waals surface area contributed by atoms with Crippen LogP contribution in [0.4, 0.5) is 4.79 Å². The van der Waals surface area contributed by atoms with Crippen LogP contribution in [0, 0.1) is 0 Å². The Morgan fingerprint density at radius 2 is 2.00 bits per heavy atom. The number of ether oxygens (including phenoxy) is 1. The molecule has 3 N–H and O–H groups in total. The summed E-state index contributed by atoms with van der Waals surface area (Å²) in [5.74, 6) is -0.158. The van der Waals surface area contributed by atoms with Crippen molar-refractivity contribution in [2.45, 2.75) is 31.7 Å². The molecule has 0 aromatic heterocycles. The third-order valence-electron chi connectivity index (χ3n) is 4.72. The van der Waals surface area contributed by atoms with Gasteiger partial charge in [-0.25, -0.2) is 4.79 Å². The molecule has 22 heavy (non-hydrogen) atoms. The molecule has 1 spiro atoms. The predicted octanol–water partition coefficient (Wildman–Crippen LogP) is 1.69. The zero-order valence-corrected chi connectivity index (χ0v) is 12.8. The first-order valence-corrected chi connectivity index (χ1v) is 7.78. The van der Waals surface area contributed by atoms with Crippen LogP contribution in [0.2, 0.25) is 0 Å². The Labute approximate surface area is 129 Å². The van der Waals surface area contributed by atoms with Crippen LogP contribution in [-0.2, 0) is 16.7 Å². The van der Waals surface area contributed by atoms with E-state index >= 15 is 0 Å². The summed E-state index contributed by atoms with van der Waals surface area (Å²) in [7, 11) is 0. The largest absolute Gasteiger partial charge is 0.504 e. The normalized spacial score (nSPS) is 19.8. The number of fused-ring (bicyclic) bond motifs is 2. The molecule has 1 aromatic rings. The van der Waals surface area contributed by atoms with Gasteiger partial charge in [0.25, 0.3) is 0 Å². The van der Waals surface area contributed by atoms with Gasteiger partial charge in [0.05, 0.1) is 6.61 Å². The Kier molecular flexibility index (Phi) is 3.87. The Bertz CT molecular complexity index is 580. The number of benzene rings is 1. The van der Waals surface area contributed by atoms with E-state index < -0.39 is 0 Å². The highest BCUT2D eigenvalue weighted by molar-refractivity contribution is 5.67. The van der Waals surface area contributed by atoms with Gasteiger partial charge in [0.1, 0.15) is 0 Å². The summed E-state index contributed by atoms with van der Waals surface area (Å²) in [6.45, 7) is 4.25. The van der Waals surface area contributed by atoms with E-state index in [0.29, 0.717) is 19.7 Å². The summed E-state index contributed by atoms with van der Waals surface area (Å²) in [5, 5.41) is 23.1.